The molecular weight excluding hydrogens is 379 g/mol. The molecule has 0 bridgehead atoms. The third kappa shape index (κ3) is 5.79. The lowest BCUT2D eigenvalue weighted by molar-refractivity contribution is -0.116. The van der Waals surface area contributed by atoms with Gasteiger partial charge in [-0.3, -0.25) is 4.79 Å². The van der Waals surface area contributed by atoms with E-state index in [9.17, 15) is 17.6 Å². The van der Waals surface area contributed by atoms with Gasteiger partial charge < -0.3 is 5.32 Å². The van der Waals surface area contributed by atoms with Crippen LogP contribution in [0, 0.1) is 12.7 Å². The van der Waals surface area contributed by atoms with Crippen LogP contribution in [0.25, 0.3) is 0 Å². The largest absolute Gasteiger partial charge is 0.326 e. The first kappa shape index (κ1) is 20.4. The smallest absolute Gasteiger partial charge is 0.225 e. The molecule has 1 N–H and O–H groups in total. The van der Waals surface area contributed by atoms with Crippen molar-refractivity contribution < 1.29 is 17.6 Å². The summed E-state index contributed by atoms with van der Waals surface area (Å²) in [6, 6.07) is 10.7. The van der Waals surface area contributed by atoms with E-state index in [4.69, 9.17) is 11.6 Å². The molecule has 26 heavy (non-hydrogen) atoms. The zero-order valence-electron chi connectivity index (χ0n) is 14.5. The highest BCUT2D eigenvalue weighted by molar-refractivity contribution is 7.88. The molecule has 2 rings (SSSR count). The molecule has 2 aromatic carbocycles. The molecule has 0 heterocycles. The van der Waals surface area contributed by atoms with Gasteiger partial charge in [-0.05, 0) is 42.3 Å². The first-order valence-corrected chi connectivity index (χ1v) is 10.1. The van der Waals surface area contributed by atoms with Crippen molar-refractivity contribution in [1.82, 2.24) is 4.31 Å². The average molecular weight is 399 g/mol. The van der Waals surface area contributed by atoms with E-state index >= 15 is 0 Å². The van der Waals surface area contributed by atoms with Gasteiger partial charge in [0, 0.05) is 30.2 Å². The SMILES string of the molecule is Cc1c(Cl)cccc1NC(=O)CCN(Cc1ccc(F)cc1)S(C)(=O)=O. The molecule has 0 atom stereocenters. The third-order valence-electron chi connectivity index (χ3n) is 3.87. The van der Waals surface area contributed by atoms with Crippen LogP contribution in [0.2, 0.25) is 5.02 Å². The van der Waals surface area contributed by atoms with Gasteiger partial charge in [0.1, 0.15) is 5.82 Å². The monoisotopic (exact) mass is 398 g/mol. The van der Waals surface area contributed by atoms with Crippen LogP contribution in [0.15, 0.2) is 42.5 Å². The molecule has 0 saturated carbocycles. The number of nitrogens with zero attached hydrogens (tertiary/aromatic N) is 1. The Kier molecular flexibility index (Phi) is 6.75. The summed E-state index contributed by atoms with van der Waals surface area (Å²) in [6.07, 6.45) is 1.07. The van der Waals surface area contributed by atoms with E-state index in [2.05, 4.69) is 5.32 Å². The number of halogens is 2. The molecule has 2 aromatic rings. The molecule has 0 spiro atoms. The van der Waals surface area contributed by atoms with Crippen molar-refractivity contribution in [2.75, 3.05) is 18.1 Å². The lowest BCUT2D eigenvalue weighted by atomic mass is 10.2. The van der Waals surface area contributed by atoms with Gasteiger partial charge in [-0.1, -0.05) is 29.8 Å². The summed E-state index contributed by atoms with van der Waals surface area (Å²) < 4.78 is 38.1. The molecule has 0 fully saturated rings. The number of carbonyl (C=O) groups excluding carboxylic acids is 1. The Hall–Kier alpha value is -1.96. The second-order valence-corrected chi connectivity index (χ2v) is 8.32. The van der Waals surface area contributed by atoms with Gasteiger partial charge in [0.2, 0.25) is 15.9 Å². The van der Waals surface area contributed by atoms with Gasteiger partial charge in [-0.15, -0.1) is 0 Å². The van der Waals surface area contributed by atoms with E-state index in [1.54, 1.807) is 25.1 Å². The Morgan fingerprint density at radius 1 is 1.19 bits per heavy atom. The maximum absolute atomic E-state index is 13.0. The van der Waals surface area contributed by atoms with Crippen LogP contribution in [0.5, 0.6) is 0 Å². The summed E-state index contributed by atoms with van der Waals surface area (Å²) in [5, 5.41) is 3.27. The molecule has 0 aliphatic carbocycles. The average Bonchev–Trinajstić information content (AvgIpc) is 2.56. The second-order valence-electron chi connectivity index (χ2n) is 5.93. The first-order valence-electron chi connectivity index (χ1n) is 7.91. The Morgan fingerprint density at radius 3 is 2.46 bits per heavy atom. The molecule has 0 aliphatic heterocycles. The van der Waals surface area contributed by atoms with Crippen molar-refractivity contribution in [2.45, 2.75) is 19.9 Å². The lowest BCUT2D eigenvalue weighted by Gasteiger charge is -2.20. The Bertz CT molecular complexity index is 886. The summed E-state index contributed by atoms with van der Waals surface area (Å²) in [4.78, 5) is 12.2. The minimum atomic E-state index is -3.52. The second kappa shape index (κ2) is 8.62. The van der Waals surface area contributed by atoms with E-state index < -0.39 is 15.8 Å². The van der Waals surface area contributed by atoms with Crippen LogP contribution in [0.3, 0.4) is 0 Å². The zero-order chi connectivity index (χ0) is 19.3. The van der Waals surface area contributed by atoms with Crippen LogP contribution in [-0.4, -0.2) is 31.4 Å². The summed E-state index contributed by atoms with van der Waals surface area (Å²) in [7, 11) is -3.52. The van der Waals surface area contributed by atoms with Crippen molar-refractivity contribution in [1.29, 1.82) is 0 Å². The zero-order valence-corrected chi connectivity index (χ0v) is 16.1. The van der Waals surface area contributed by atoms with Crippen molar-refractivity contribution in [2.24, 2.45) is 0 Å². The number of hydrogen-bond donors (Lipinski definition) is 1. The highest BCUT2D eigenvalue weighted by Gasteiger charge is 2.18. The topological polar surface area (TPSA) is 66.5 Å². The third-order valence-corrected chi connectivity index (χ3v) is 5.53. The Labute approximate surface area is 157 Å². The number of amides is 1. The summed E-state index contributed by atoms with van der Waals surface area (Å²) in [5.74, 6) is -0.709. The maximum atomic E-state index is 13.0. The molecule has 0 aromatic heterocycles. The molecule has 0 saturated heterocycles. The van der Waals surface area contributed by atoms with Gasteiger partial charge in [-0.2, -0.15) is 4.31 Å². The number of rotatable bonds is 7. The van der Waals surface area contributed by atoms with E-state index in [-0.39, 0.29) is 25.4 Å². The molecule has 8 heteroatoms. The van der Waals surface area contributed by atoms with Crippen LogP contribution in [0.1, 0.15) is 17.5 Å². The van der Waals surface area contributed by atoms with Crippen LogP contribution in [0.4, 0.5) is 10.1 Å². The van der Waals surface area contributed by atoms with Crippen LogP contribution >= 0.6 is 11.6 Å². The van der Waals surface area contributed by atoms with Crippen LogP contribution < -0.4 is 5.32 Å². The van der Waals surface area contributed by atoms with Gasteiger partial charge in [0.25, 0.3) is 0 Å². The number of nitrogens with one attached hydrogen (secondary N) is 1. The van der Waals surface area contributed by atoms with E-state index in [1.807, 2.05) is 0 Å². The number of benzene rings is 2. The van der Waals surface area contributed by atoms with Crippen molar-refractivity contribution >= 4 is 33.2 Å². The number of anilines is 1. The maximum Gasteiger partial charge on any atom is 0.225 e. The number of sulfonamides is 1. The molecule has 0 aliphatic rings. The minimum absolute atomic E-state index is 0.0137. The van der Waals surface area contributed by atoms with Gasteiger partial charge >= 0.3 is 0 Å². The molecule has 0 radical (unpaired) electrons. The Balaban J connectivity index is 2.01. The van der Waals surface area contributed by atoms with Crippen molar-refractivity contribution in [3.8, 4) is 0 Å². The number of hydrogen-bond acceptors (Lipinski definition) is 3. The molecule has 140 valence electrons. The van der Waals surface area contributed by atoms with E-state index in [0.29, 0.717) is 16.3 Å². The fraction of sp³-hybridized carbons (Fsp3) is 0.278. The highest BCUT2D eigenvalue weighted by Crippen LogP contribution is 2.23. The molecule has 0 unspecified atom stereocenters. The van der Waals surface area contributed by atoms with Gasteiger partial charge in [0.05, 0.1) is 6.26 Å². The minimum Gasteiger partial charge on any atom is -0.326 e. The van der Waals surface area contributed by atoms with Gasteiger partial charge in [-0.25, -0.2) is 12.8 Å². The lowest BCUT2D eigenvalue weighted by Crippen LogP contribution is -2.32. The standard InChI is InChI=1S/C18H20ClFN2O3S/c1-13-16(19)4-3-5-17(13)21-18(23)10-11-22(26(2,24)25)12-14-6-8-15(20)9-7-14/h3-9H,10-12H2,1-2H3,(H,21,23). The van der Waals surface area contributed by atoms with E-state index in [0.717, 1.165) is 11.8 Å². The van der Waals surface area contributed by atoms with Crippen LogP contribution in [-0.2, 0) is 21.4 Å². The summed E-state index contributed by atoms with van der Waals surface area (Å²) >= 11 is 6.02. The predicted molar refractivity (Wildman–Crippen MR) is 101 cm³/mol. The summed E-state index contributed by atoms with van der Waals surface area (Å²) in [6.45, 7) is 1.87. The Morgan fingerprint density at radius 2 is 1.85 bits per heavy atom. The van der Waals surface area contributed by atoms with E-state index in [1.165, 1.54) is 28.6 Å². The van der Waals surface area contributed by atoms with Gasteiger partial charge in [0.15, 0.2) is 0 Å². The fourth-order valence-electron chi connectivity index (χ4n) is 2.34. The normalized spacial score (nSPS) is 11.6. The quantitative estimate of drug-likeness (QED) is 0.775. The first-order chi connectivity index (χ1) is 12.2. The number of carbonyl (C=O) groups is 1. The fourth-order valence-corrected chi connectivity index (χ4v) is 3.32. The summed E-state index contributed by atoms with van der Waals surface area (Å²) in [5.41, 5.74) is 1.98. The molecule has 5 nitrogen and oxygen atoms in total. The highest BCUT2D eigenvalue weighted by atomic mass is 35.5. The van der Waals surface area contributed by atoms with Crippen molar-refractivity contribution in [3.63, 3.8) is 0 Å². The van der Waals surface area contributed by atoms with Crippen molar-refractivity contribution in [3.05, 3.63) is 64.4 Å². The molecular formula is C18H20ClFN2O3S. The predicted octanol–water partition coefficient (Wildman–Crippen LogP) is 3.58. The molecule has 1 amide bonds.